The number of methoxy groups -OCH3 is 2. The largest absolute Gasteiger partial charge is 0.496 e. The molecule has 224 valence electrons. The van der Waals surface area contributed by atoms with Gasteiger partial charge in [0.1, 0.15) is 11.5 Å². The van der Waals surface area contributed by atoms with Crippen molar-refractivity contribution in [1.82, 2.24) is 25.3 Å². The zero-order valence-electron chi connectivity index (χ0n) is 25.0. The second-order valence-corrected chi connectivity index (χ2v) is 12.1. The van der Waals surface area contributed by atoms with Gasteiger partial charge in [0.15, 0.2) is 5.69 Å². The third-order valence-corrected chi connectivity index (χ3v) is 9.26. The van der Waals surface area contributed by atoms with Crippen LogP contribution in [0.2, 0.25) is 0 Å². The van der Waals surface area contributed by atoms with Crippen molar-refractivity contribution < 1.29 is 19.1 Å². The quantitative estimate of drug-likeness (QED) is 0.378. The summed E-state index contributed by atoms with van der Waals surface area (Å²) in [7, 11) is 3.29. The highest BCUT2D eigenvalue weighted by molar-refractivity contribution is 5.94. The molecule has 1 saturated heterocycles. The van der Waals surface area contributed by atoms with Crippen LogP contribution in [0.3, 0.4) is 0 Å². The molecular weight excluding hydrogens is 518 g/mol. The summed E-state index contributed by atoms with van der Waals surface area (Å²) >= 11 is 0. The number of rotatable bonds is 12. The Balaban J connectivity index is 1.39. The van der Waals surface area contributed by atoms with Crippen LogP contribution in [-0.4, -0.2) is 72.4 Å². The molecule has 0 radical (unpaired) electrons. The van der Waals surface area contributed by atoms with Crippen molar-refractivity contribution in [2.45, 2.75) is 95.7 Å². The molecule has 2 amide bonds. The monoisotopic (exact) mass is 565 g/mol. The number of carbonyl (C=O) groups is 2. The van der Waals surface area contributed by atoms with Gasteiger partial charge < -0.3 is 25.0 Å². The van der Waals surface area contributed by atoms with Gasteiger partial charge in [-0.25, -0.2) is 0 Å². The van der Waals surface area contributed by atoms with Crippen LogP contribution in [0.15, 0.2) is 24.3 Å². The van der Waals surface area contributed by atoms with Crippen LogP contribution in [0.4, 0.5) is 0 Å². The fourth-order valence-electron chi connectivity index (χ4n) is 6.61. The van der Waals surface area contributed by atoms with E-state index in [2.05, 4.69) is 22.5 Å². The van der Waals surface area contributed by atoms with Crippen molar-refractivity contribution in [2.24, 2.45) is 5.92 Å². The lowest BCUT2D eigenvalue weighted by Gasteiger charge is -2.29. The Labute approximate surface area is 244 Å². The van der Waals surface area contributed by atoms with Crippen LogP contribution in [0.1, 0.15) is 94.1 Å². The van der Waals surface area contributed by atoms with E-state index in [4.69, 9.17) is 14.6 Å². The maximum Gasteiger partial charge on any atom is 0.272 e. The van der Waals surface area contributed by atoms with E-state index in [0.29, 0.717) is 23.1 Å². The molecule has 41 heavy (non-hydrogen) atoms. The SMILES string of the molecule is COc1cccc(OC)c1-c1cc(C(=O)N[C@@H](CCN2CCCCC2)CC(=O)NC2CCC2)nn1C1CCCC1C. The van der Waals surface area contributed by atoms with Crippen molar-refractivity contribution in [3.63, 3.8) is 0 Å². The molecule has 1 aliphatic heterocycles. The third-order valence-electron chi connectivity index (χ3n) is 9.26. The van der Waals surface area contributed by atoms with E-state index in [-0.39, 0.29) is 36.4 Å². The summed E-state index contributed by atoms with van der Waals surface area (Å²) in [4.78, 5) is 29.1. The zero-order chi connectivity index (χ0) is 28.8. The summed E-state index contributed by atoms with van der Waals surface area (Å²) in [5.74, 6) is 1.57. The summed E-state index contributed by atoms with van der Waals surface area (Å²) in [6, 6.07) is 7.78. The first-order chi connectivity index (χ1) is 20.0. The molecule has 3 aliphatic rings. The van der Waals surface area contributed by atoms with E-state index in [0.717, 1.165) is 69.4 Å². The highest BCUT2D eigenvalue weighted by Crippen LogP contribution is 2.43. The van der Waals surface area contributed by atoms with E-state index in [1.54, 1.807) is 14.2 Å². The Bertz CT molecular complexity index is 1160. The summed E-state index contributed by atoms with van der Waals surface area (Å²) in [5.41, 5.74) is 1.97. The topological polar surface area (TPSA) is 97.7 Å². The molecule has 9 heteroatoms. The fraction of sp³-hybridized carbons (Fsp3) is 0.656. The molecule has 3 fully saturated rings. The van der Waals surface area contributed by atoms with E-state index in [1.807, 2.05) is 28.9 Å². The van der Waals surface area contributed by atoms with E-state index < -0.39 is 0 Å². The number of piperidine rings is 1. The molecule has 2 unspecified atom stereocenters. The van der Waals surface area contributed by atoms with Crippen LogP contribution >= 0.6 is 0 Å². The first-order valence-electron chi connectivity index (χ1n) is 15.6. The highest BCUT2D eigenvalue weighted by atomic mass is 16.5. The lowest BCUT2D eigenvalue weighted by atomic mass is 9.93. The van der Waals surface area contributed by atoms with Gasteiger partial charge in [-0.15, -0.1) is 0 Å². The lowest BCUT2D eigenvalue weighted by Crippen LogP contribution is -2.45. The first kappa shape index (κ1) is 29.4. The van der Waals surface area contributed by atoms with Gasteiger partial charge in [-0.3, -0.25) is 14.3 Å². The minimum Gasteiger partial charge on any atom is -0.496 e. The summed E-state index contributed by atoms with van der Waals surface area (Å²) in [5, 5.41) is 11.3. The molecule has 1 aromatic heterocycles. The van der Waals surface area contributed by atoms with Crippen molar-refractivity contribution >= 4 is 11.8 Å². The van der Waals surface area contributed by atoms with E-state index >= 15 is 0 Å². The van der Waals surface area contributed by atoms with Gasteiger partial charge in [0.25, 0.3) is 5.91 Å². The molecular formula is C32H47N5O4. The second-order valence-electron chi connectivity index (χ2n) is 12.1. The Morgan fingerprint density at radius 1 is 1.00 bits per heavy atom. The number of benzene rings is 1. The minimum atomic E-state index is -0.260. The maximum atomic E-state index is 13.8. The number of hydrogen-bond donors (Lipinski definition) is 2. The number of nitrogens with one attached hydrogen (secondary N) is 2. The highest BCUT2D eigenvalue weighted by Gasteiger charge is 2.32. The lowest BCUT2D eigenvalue weighted by molar-refractivity contribution is -0.122. The molecule has 2 N–H and O–H groups in total. The molecule has 3 atom stereocenters. The van der Waals surface area contributed by atoms with Crippen LogP contribution < -0.4 is 20.1 Å². The molecule has 2 saturated carbocycles. The molecule has 9 nitrogen and oxygen atoms in total. The number of nitrogens with zero attached hydrogens (tertiary/aromatic N) is 3. The second kappa shape index (κ2) is 13.7. The molecule has 2 aliphatic carbocycles. The van der Waals surface area contributed by atoms with Crippen molar-refractivity contribution in [2.75, 3.05) is 33.9 Å². The first-order valence-corrected chi connectivity index (χ1v) is 15.6. The average molecular weight is 566 g/mol. The van der Waals surface area contributed by atoms with Crippen LogP contribution in [0.25, 0.3) is 11.3 Å². The Kier molecular flexibility index (Phi) is 9.85. The fourth-order valence-corrected chi connectivity index (χ4v) is 6.61. The number of ether oxygens (including phenoxy) is 2. The zero-order valence-corrected chi connectivity index (χ0v) is 25.0. The number of hydrogen-bond acceptors (Lipinski definition) is 6. The normalized spacial score (nSPS) is 22.1. The Morgan fingerprint density at radius 2 is 1.71 bits per heavy atom. The van der Waals surface area contributed by atoms with Gasteiger partial charge in [-0.05, 0) is 88.6 Å². The smallest absolute Gasteiger partial charge is 0.272 e. The van der Waals surface area contributed by atoms with Crippen molar-refractivity contribution in [1.29, 1.82) is 0 Å². The average Bonchev–Trinajstić information content (AvgIpc) is 3.59. The molecule has 0 spiro atoms. The number of amides is 2. The van der Waals surface area contributed by atoms with Crippen LogP contribution in [0.5, 0.6) is 11.5 Å². The van der Waals surface area contributed by atoms with Gasteiger partial charge in [0, 0.05) is 25.0 Å². The standard InChI is InChI=1S/C32H47N5O4/c1-22-10-7-13-26(22)37-27(31-28(40-2)14-9-15-29(31)41-3)21-25(35-37)32(39)34-24(16-19-36-17-5-4-6-18-36)20-30(38)33-23-11-8-12-23/h9,14-15,21-24,26H,4-8,10-13,16-20H2,1-3H3,(H,33,38)(H,34,39)/t22?,24-,26?/m0/s1. The minimum absolute atomic E-state index is 0.0170. The molecule has 2 heterocycles. The third kappa shape index (κ3) is 7.05. The summed E-state index contributed by atoms with van der Waals surface area (Å²) in [6.07, 6.45) is 11.2. The van der Waals surface area contributed by atoms with Gasteiger partial charge >= 0.3 is 0 Å². The number of aromatic nitrogens is 2. The summed E-state index contributed by atoms with van der Waals surface area (Å²) < 4.78 is 13.5. The molecule has 1 aromatic carbocycles. The van der Waals surface area contributed by atoms with Gasteiger partial charge in [-0.1, -0.05) is 25.8 Å². The van der Waals surface area contributed by atoms with Gasteiger partial charge in [0.05, 0.1) is 31.5 Å². The van der Waals surface area contributed by atoms with E-state index in [9.17, 15) is 9.59 Å². The predicted molar refractivity (Wildman–Crippen MR) is 159 cm³/mol. The number of carbonyl (C=O) groups excluding carboxylic acids is 2. The van der Waals surface area contributed by atoms with E-state index in [1.165, 1.54) is 25.7 Å². The summed E-state index contributed by atoms with van der Waals surface area (Å²) in [6.45, 7) is 5.30. The van der Waals surface area contributed by atoms with Crippen molar-refractivity contribution in [3.8, 4) is 22.8 Å². The Hall–Kier alpha value is -3.07. The number of likely N-dealkylation sites (tertiary alicyclic amines) is 1. The Morgan fingerprint density at radius 3 is 2.32 bits per heavy atom. The van der Waals surface area contributed by atoms with Crippen LogP contribution in [-0.2, 0) is 4.79 Å². The maximum absolute atomic E-state index is 13.8. The van der Waals surface area contributed by atoms with Gasteiger partial charge in [0.2, 0.25) is 5.91 Å². The van der Waals surface area contributed by atoms with Gasteiger partial charge in [-0.2, -0.15) is 5.10 Å². The van der Waals surface area contributed by atoms with Crippen LogP contribution in [0, 0.1) is 5.92 Å². The molecule has 0 bridgehead atoms. The molecule has 5 rings (SSSR count). The molecule has 2 aromatic rings. The van der Waals surface area contributed by atoms with Crippen molar-refractivity contribution in [3.05, 3.63) is 30.0 Å². The predicted octanol–water partition coefficient (Wildman–Crippen LogP) is 4.96.